The second-order valence-corrected chi connectivity index (χ2v) is 3.34. The minimum absolute atomic E-state index is 0.150. The molecule has 0 radical (unpaired) electrons. The topological polar surface area (TPSA) is 21.3 Å². The second kappa shape index (κ2) is 4.20. The number of morpholine rings is 1. The highest BCUT2D eigenvalue weighted by atomic mass is 19.2. The van der Waals surface area contributed by atoms with Crippen molar-refractivity contribution in [3.8, 4) is 0 Å². The molecule has 1 aliphatic heterocycles. The van der Waals surface area contributed by atoms with Gasteiger partial charge in [-0.1, -0.05) is 0 Å². The molecule has 1 atom stereocenters. The monoisotopic (exact) mass is 217 g/mol. The molecule has 0 aliphatic carbocycles. The largest absolute Gasteiger partial charge is 0.378 e. The summed E-state index contributed by atoms with van der Waals surface area (Å²) < 4.78 is 44.6. The maximum Gasteiger partial charge on any atom is 0.166 e. The number of halogens is 3. The van der Waals surface area contributed by atoms with Gasteiger partial charge in [-0.15, -0.1) is 0 Å². The molecule has 0 unspecified atom stereocenters. The van der Waals surface area contributed by atoms with E-state index < -0.39 is 23.5 Å². The fourth-order valence-electron chi connectivity index (χ4n) is 1.61. The fourth-order valence-corrected chi connectivity index (χ4v) is 1.61. The summed E-state index contributed by atoms with van der Waals surface area (Å²) in [7, 11) is 0. The van der Waals surface area contributed by atoms with Gasteiger partial charge < -0.3 is 10.1 Å². The number of ether oxygens (including phenoxy) is 1. The van der Waals surface area contributed by atoms with Crippen molar-refractivity contribution in [1.29, 1.82) is 0 Å². The van der Waals surface area contributed by atoms with Crippen LogP contribution in [-0.2, 0) is 4.74 Å². The van der Waals surface area contributed by atoms with E-state index in [0.29, 0.717) is 13.2 Å². The molecule has 0 spiro atoms. The van der Waals surface area contributed by atoms with E-state index in [2.05, 4.69) is 5.32 Å². The third-order valence-corrected chi connectivity index (χ3v) is 2.35. The van der Waals surface area contributed by atoms with Crippen molar-refractivity contribution in [3.05, 3.63) is 35.1 Å². The minimum Gasteiger partial charge on any atom is -0.378 e. The number of benzene rings is 1. The van der Waals surface area contributed by atoms with Crippen molar-refractivity contribution < 1.29 is 17.9 Å². The highest BCUT2D eigenvalue weighted by Gasteiger charge is 2.24. The average Bonchev–Trinajstić information content (AvgIpc) is 2.26. The molecular weight excluding hydrogens is 207 g/mol. The Morgan fingerprint density at radius 1 is 1.20 bits per heavy atom. The van der Waals surface area contributed by atoms with Gasteiger partial charge in [0.2, 0.25) is 0 Å². The maximum atomic E-state index is 13.3. The quantitative estimate of drug-likeness (QED) is 0.724. The Balaban J connectivity index is 2.36. The summed E-state index contributed by atoms with van der Waals surface area (Å²) in [5.41, 5.74) is -0.283. The SMILES string of the molecule is Fc1ccc(F)c([C@@H]2COCCN2)c1F. The summed E-state index contributed by atoms with van der Waals surface area (Å²) >= 11 is 0. The maximum absolute atomic E-state index is 13.3. The van der Waals surface area contributed by atoms with Gasteiger partial charge in [0.05, 0.1) is 19.3 Å². The van der Waals surface area contributed by atoms with Gasteiger partial charge in [0.15, 0.2) is 11.6 Å². The summed E-state index contributed by atoms with van der Waals surface area (Å²) in [6, 6.07) is 1.08. The zero-order valence-electron chi connectivity index (χ0n) is 7.90. The Labute approximate surface area is 85.0 Å². The van der Waals surface area contributed by atoms with E-state index >= 15 is 0 Å². The van der Waals surface area contributed by atoms with Crippen LogP contribution >= 0.6 is 0 Å². The predicted octanol–water partition coefficient (Wildman–Crippen LogP) is 1.76. The number of nitrogens with one attached hydrogen (secondary N) is 1. The first-order chi connectivity index (χ1) is 7.20. The van der Waals surface area contributed by atoms with Gasteiger partial charge in [0, 0.05) is 12.1 Å². The molecule has 1 saturated heterocycles. The van der Waals surface area contributed by atoms with Crippen LogP contribution in [0.5, 0.6) is 0 Å². The molecule has 0 bridgehead atoms. The lowest BCUT2D eigenvalue weighted by Crippen LogP contribution is -2.35. The third kappa shape index (κ3) is 1.98. The van der Waals surface area contributed by atoms with Crippen LogP contribution in [0.25, 0.3) is 0 Å². The van der Waals surface area contributed by atoms with E-state index in [9.17, 15) is 13.2 Å². The van der Waals surface area contributed by atoms with Crippen LogP contribution in [0.4, 0.5) is 13.2 Å². The van der Waals surface area contributed by atoms with Gasteiger partial charge in [-0.05, 0) is 12.1 Å². The summed E-state index contributed by atoms with van der Waals surface area (Å²) in [6.45, 7) is 1.15. The van der Waals surface area contributed by atoms with Gasteiger partial charge in [0.1, 0.15) is 5.82 Å². The highest BCUT2D eigenvalue weighted by molar-refractivity contribution is 5.25. The molecule has 15 heavy (non-hydrogen) atoms. The van der Waals surface area contributed by atoms with Crippen LogP contribution < -0.4 is 5.32 Å². The standard InChI is InChI=1S/C10H10F3NO/c11-6-1-2-7(12)10(13)9(6)8-5-15-4-3-14-8/h1-2,8,14H,3-5H2/t8-/m0/s1. The van der Waals surface area contributed by atoms with Crippen LogP contribution in [-0.4, -0.2) is 19.8 Å². The average molecular weight is 217 g/mol. The Kier molecular flexibility index (Phi) is 2.93. The van der Waals surface area contributed by atoms with Gasteiger partial charge in [-0.3, -0.25) is 0 Å². The van der Waals surface area contributed by atoms with Gasteiger partial charge in [0.25, 0.3) is 0 Å². The summed E-state index contributed by atoms with van der Waals surface area (Å²) in [5.74, 6) is -2.94. The normalized spacial score (nSPS) is 21.7. The van der Waals surface area contributed by atoms with E-state index in [1.54, 1.807) is 0 Å². The van der Waals surface area contributed by atoms with E-state index in [1.165, 1.54) is 0 Å². The molecule has 0 saturated carbocycles. The summed E-state index contributed by atoms with van der Waals surface area (Å²) in [4.78, 5) is 0. The lowest BCUT2D eigenvalue weighted by atomic mass is 10.1. The van der Waals surface area contributed by atoms with Crippen LogP contribution in [0.2, 0.25) is 0 Å². The molecule has 5 heteroatoms. The molecule has 2 rings (SSSR count). The molecule has 1 aromatic carbocycles. The zero-order valence-corrected chi connectivity index (χ0v) is 7.90. The van der Waals surface area contributed by atoms with Crippen molar-refractivity contribution in [1.82, 2.24) is 5.32 Å². The third-order valence-electron chi connectivity index (χ3n) is 2.35. The van der Waals surface area contributed by atoms with Crippen molar-refractivity contribution >= 4 is 0 Å². The molecular formula is C10H10F3NO. The van der Waals surface area contributed by atoms with Crippen LogP contribution in [0, 0.1) is 17.5 Å². The minimum atomic E-state index is -1.14. The summed E-state index contributed by atoms with van der Waals surface area (Å²) in [5, 5.41) is 2.87. The Hall–Kier alpha value is -1.07. The Morgan fingerprint density at radius 3 is 2.60 bits per heavy atom. The number of hydrogen-bond acceptors (Lipinski definition) is 2. The highest BCUT2D eigenvalue weighted by Crippen LogP contribution is 2.24. The van der Waals surface area contributed by atoms with Gasteiger partial charge in [-0.2, -0.15) is 0 Å². The zero-order chi connectivity index (χ0) is 10.8. The second-order valence-electron chi connectivity index (χ2n) is 3.34. The molecule has 1 heterocycles. The van der Waals surface area contributed by atoms with Gasteiger partial charge in [-0.25, -0.2) is 13.2 Å². The first-order valence-electron chi connectivity index (χ1n) is 4.64. The Morgan fingerprint density at radius 2 is 1.93 bits per heavy atom. The number of hydrogen-bond donors (Lipinski definition) is 1. The first-order valence-corrected chi connectivity index (χ1v) is 4.64. The first kappa shape index (κ1) is 10.4. The van der Waals surface area contributed by atoms with E-state index in [4.69, 9.17) is 4.74 Å². The van der Waals surface area contributed by atoms with Crippen molar-refractivity contribution in [2.45, 2.75) is 6.04 Å². The molecule has 82 valence electrons. The van der Waals surface area contributed by atoms with Gasteiger partial charge >= 0.3 is 0 Å². The smallest absolute Gasteiger partial charge is 0.166 e. The molecule has 1 fully saturated rings. The van der Waals surface area contributed by atoms with Crippen LogP contribution in [0.1, 0.15) is 11.6 Å². The molecule has 1 N–H and O–H groups in total. The molecule has 1 aliphatic rings. The van der Waals surface area contributed by atoms with Crippen LogP contribution in [0.3, 0.4) is 0 Å². The van der Waals surface area contributed by atoms with Crippen molar-refractivity contribution in [2.75, 3.05) is 19.8 Å². The Bertz CT molecular complexity index is 364. The van der Waals surface area contributed by atoms with Crippen molar-refractivity contribution in [3.63, 3.8) is 0 Å². The predicted molar refractivity (Wildman–Crippen MR) is 47.9 cm³/mol. The molecule has 1 aromatic rings. The molecule has 0 amide bonds. The van der Waals surface area contributed by atoms with Crippen molar-refractivity contribution in [2.24, 2.45) is 0 Å². The van der Waals surface area contributed by atoms with E-state index in [1.807, 2.05) is 0 Å². The molecule has 0 aromatic heterocycles. The lowest BCUT2D eigenvalue weighted by molar-refractivity contribution is 0.0742. The molecule has 2 nitrogen and oxygen atoms in total. The van der Waals surface area contributed by atoms with Crippen LogP contribution in [0.15, 0.2) is 12.1 Å². The summed E-state index contributed by atoms with van der Waals surface area (Å²) in [6.07, 6.45) is 0. The number of rotatable bonds is 1. The van der Waals surface area contributed by atoms with E-state index in [0.717, 1.165) is 12.1 Å². The lowest BCUT2D eigenvalue weighted by Gasteiger charge is -2.24. The van der Waals surface area contributed by atoms with E-state index in [-0.39, 0.29) is 12.2 Å². The fraction of sp³-hybridized carbons (Fsp3) is 0.400.